The van der Waals surface area contributed by atoms with Crippen LogP contribution in [-0.4, -0.2) is 12.1 Å². The summed E-state index contributed by atoms with van der Waals surface area (Å²) in [4.78, 5) is 12.2. The Kier molecular flexibility index (Phi) is 4.44. The van der Waals surface area contributed by atoms with Crippen molar-refractivity contribution >= 4 is 16.7 Å². The number of carbonyl (C=O) groups excluding carboxylic acids is 1. The summed E-state index contributed by atoms with van der Waals surface area (Å²) in [6, 6.07) is 21.9. The lowest BCUT2D eigenvalue weighted by Crippen LogP contribution is -2.28. The predicted molar refractivity (Wildman–Crippen MR) is 90.8 cm³/mol. The first kappa shape index (κ1) is 15.6. The average molecular weight is 317 g/mol. The number of rotatable bonds is 4. The normalized spacial score (nSPS) is 11.5. The summed E-state index contributed by atoms with van der Waals surface area (Å²) >= 11 is 0. The molecule has 0 radical (unpaired) electrons. The molecule has 0 heterocycles. The van der Waals surface area contributed by atoms with Crippen molar-refractivity contribution in [3.63, 3.8) is 0 Å². The van der Waals surface area contributed by atoms with E-state index in [-0.39, 0.29) is 0 Å². The van der Waals surface area contributed by atoms with Crippen molar-refractivity contribution in [2.45, 2.75) is 13.0 Å². The number of nitrogens with zero attached hydrogens (tertiary/aromatic N) is 1. The molecule has 4 nitrogen and oxygen atoms in total. The first-order chi connectivity index (χ1) is 11.7. The fraction of sp³-hybridized carbons (Fsp3) is 0.100. The molecule has 0 spiro atoms. The Morgan fingerprint density at radius 2 is 1.62 bits per heavy atom. The molecule has 0 saturated carbocycles. The lowest BCUT2D eigenvalue weighted by Gasteiger charge is -2.14. The SMILES string of the molecule is C[C@H](Oc1ccc(C#N)cc1)C(=O)Oc1ccc2ccccc2c1. The number of hydrogen-bond donors (Lipinski definition) is 0. The van der Waals surface area contributed by atoms with Crippen molar-refractivity contribution in [3.05, 3.63) is 72.3 Å². The van der Waals surface area contributed by atoms with Gasteiger partial charge < -0.3 is 9.47 Å². The molecule has 24 heavy (non-hydrogen) atoms. The van der Waals surface area contributed by atoms with Crippen LogP contribution in [0.15, 0.2) is 66.7 Å². The summed E-state index contributed by atoms with van der Waals surface area (Å²) in [5.41, 5.74) is 0.536. The second kappa shape index (κ2) is 6.84. The van der Waals surface area contributed by atoms with Crippen LogP contribution in [0.3, 0.4) is 0 Å². The van der Waals surface area contributed by atoms with Crippen molar-refractivity contribution in [1.82, 2.24) is 0 Å². The fourth-order valence-electron chi connectivity index (χ4n) is 2.29. The number of ether oxygens (including phenoxy) is 2. The predicted octanol–water partition coefficient (Wildman–Crippen LogP) is 4.08. The Labute approximate surface area is 139 Å². The van der Waals surface area contributed by atoms with Crippen LogP contribution in [-0.2, 0) is 4.79 Å². The summed E-state index contributed by atoms with van der Waals surface area (Å²) in [5.74, 6) is 0.514. The second-order valence-corrected chi connectivity index (χ2v) is 5.33. The number of benzene rings is 3. The number of nitriles is 1. The van der Waals surface area contributed by atoms with E-state index in [9.17, 15) is 4.79 Å². The molecule has 1 atom stereocenters. The molecule has 0 aliphatic rings. The van der Waals surface area contributed by atoms with Gasteiger partial charge in [0, 0.05) is 0 Å². The number of fused-ring (bicyclic) bond motifs is 1. The Morgan fingerprint density at radius 1 is 0.958 bits per heavy atom. The van der Waals surface area contributed by atoms with Gasteiger partial charge >= 0.3 is 5.97 Å². The van der Waals surface area contributed by atoms with Crippen LogP contribution in [0.25, 0.3) is 10.8 Å². The summed E-state index contributed by atoms with van der Waals surface area (Å²) in [6.45, 7) is 1.63. The maximum absolute atomic E-state index is 12.2. The number of hydrogen-bond acceptors (Lipinski definition) is 4. The zero-order valence-electron chi connectivity index (χ0n) is 13.1. The van der Waals surface area contributed by atoms with Crippen molar-refractivity contribution < 1.29 is 14.3 Å². The second-order valence-electron chi connectivity index (χ2n) is 5.33. The lowest BCUT2D eigenvalue weighted by molar-refractivity contribution is -0.141. The quantitative estimate of drug-likeness (QED) is 0.537. The molecule has 0 N–H and O–H groups in total. The molecule has 3 rings (SSSR count). The van der Waals surface area contributed by atoms with E-state index in [1.165, 1.54) is 0 Å². The maximum Gasteiger partial charge on any atom is 0.352 e. The minimum Gasteiger partial charge on any atom is -0.479 e. The molecule has 0 bridgehead atoms. The van der Waals surface area contributed by atoms with Gasteiger partial charge in [0.1, 0.15) is 11.5 Å². The molecule has 3 aromatic rings. The molecule has 118 valence electrons. The van der Waals surface area contributed by atoms with Crippen LogP contribution in [0.2, 0.25) is 0 Å². The highest BCUT2D eigenvalue weighted by molar-refractivity contribution is 5.85. The van der Waals surface area contributed by atoms with Gasteiger partial charge in [-0.15, -0.1) is 0 Å². The van der Waals surface area contributed by atoms with Gasteiger partial charge in [-0.05, 0) is 54.1 Å². The average Bonchev–Trinajstić information content (AvgIpc) is 2.62. The largest absolute Gasteiger partial charge is 0.479 e. The van der Waals surface area contributed by atoms with Crippen molar-refractivity contribution in [2.75, 3.05) is 0 Å². The van der Waals surface area contributed by atoms with Gasteiger partial charge in [0.25, 0.3) is 0 Å². The van der Waals surface area contributed by atoms with Gasteiger partial charge in [-0.1, -0.05) is 30.3 Å². The van der Waals surface area contributed by atoms with E-state index in [0.29, 0.717) is 17.1 Å². The zero-order valence-corrected chi connectivity index (χ0v) is 13.1. The third kappa shape index (κ3) is 3.53. The van der Waals surface area contributed by atoms with E-state index in [1.807, 2.05) is 42.5 Å². The van der Waals surface area contributed by atoms with Gasteiger partial charge in [-0.2, -0.15) is 5.26 Å². The fourth-order valence-corrected chi connectivity index (χ4v) is 2.29. The molecule has 3 aromatic carbocycles. The molecule has 0 saturated heterocycles. The Hall–Kier alpha value is -3.32. The van der Waals surface area contributed by atoms with Crippen LogP contribution < -0.4 is 9.47 Å². The first-order valence-corrected chi connectivity index (χ1v) is 7.53. The Morgan fingerprint density at radius 3 is 2.33 bits per heavy atom. The van der Waals surface area contributed by atoms with Gasteiger partial charge in [-0.3, -0.25) is 0 Å². The van der Waals surface area contributed by atoms with Crippen molar-refractivity contribution in [3.8, 4) is 17.6 Å². The van der Waals surface area contributed by atoms with Gasteiger partial charge in [0.2, 0.25) is 0 Å². The summed E-state index contributed by atoms with van der Waals surface area (Å²) in [5, 5.41) is 10.9. The Bertz CT molecular complexity index is 910. The standard InChI is InChI=1S/C20H15NO3/c1-14(23-18-9-6-15(13-21)7-10-18)20(22)24-19-11-8-16-4-2-3-5-17(16)12-19/h2-12,14H,1H3/t14-/m0/s1. The highest BCUT2D eigenvalue weighted by atomic mass is 16.6. The van der Waals surface area contributed by atoms with Crippen molar-refractivity contribution in [2.24, 2.45) is 0 Å². The molecule has 0 aliphatic carbocycles. The van der Waals surface area contributed by atoms with Crippen LogP contribution in [0.4, 0.5) is 0 Å². The highest BCUT2D eigenvalue weighted by Crippen LogP contribution is 2.21. The van der Waals surface area contributed by atoms with E-state index in [2.05, 4.69) is 0 Å². The molecular formula is C20H15NO3. The smallest absolute Gasteiger partial charge is 0.352 e. The van der Waals surface area contributed by atoms with E-state index < -0.39 is 12.1 Å². The summed E-state index contributed by atoms with van der Waals surface area (Å²) in [7, 11) is 0. The molecule has 0 aromatic heterocycles. The molecule has 0 unspecified atom stereocenters. The molecule has 0 amide bonds. The monoisotopic (exact) mass is 317 g/mol. The van der Waals surface area contributed by atoms with Gasteiger partial charge in [-0.25, -0.2) is 4.79 Å². The summed E-state index contributed by atoms with van der Waals surface area (Å²) in [6.07, 6.45) is -0.760. The topological polar surface area (TPSA) is 59.3 Å². The third-order valence-electron chi connectivity index (χ3n) is 3.57. The first-order valence-electron chi connectivity index (χ1n) is 7.53. The van der Waals surface area contributed by atoms with E-state index in [1.54, 1.807) is 37.3 Å². The minimum atomic E-state index is -0.760. The van der Waals surface area contributed by atoms with Crippen LogP contribution in [0.5, 0.6) is 11.5 Å². The molecule has 0 fully saturated rings. The van der Waals surface area contributed by atoms with Crippen LogP contribution >= 0.6 is 0 Å². The Balaban J connectivity index is 1.67. The highest BCUT2D eigenvalue weighted by Gasteiger charge is 2.17. The maximum atomic E-state index is 12.2. The summed E-state index contributed by atoms with van der Waals surface area (Å²) < 4.78 is 10.9. The van der Waals surface area contributed by atoms with Crippen molar-refractivity contribution in [1.29, 1.82) is 5.26 Å². The van der Waals surface area contributed by atoms with Gasteiger partial charge in [0.05, 0.1) is 11.6 Å². The van der Waals surface area contributed by atoms with E-state index in [0.717, 1.165) is 10.8 Å². The van der Waals surface area contributed by atoms with Gasteiger partial charge in [0.15, 0.2) is 6.10 Å². The zero-order chi connectivity index (χ0) is 16.9. The lowest BCUT2D eigenvalue weighted by atomic mass is 10.1. The molecular weight excluding hydrogens is 302 g/mol. The number of carbonyl (C=O) groups is 1. The van der Waals surface area contributed by atoms with Crippen LogP contribution in [0.1, 0.15) is 12.5 Å². The minimum absolute atomic E-state index is 0.477. The van der Waals surface area contributed by atoms with Crippen LogP contribution in [0, 0.1) is 11.3 Å². The third-order valence-corrected chi connectivity index (χ3v) is 3.57. The molecule has 4 heteroatoms. The molecule has 0 aliphatic heterocycles. The van der Waals surface area contributed by atoms with E-state index >= 15 is 0 Å². The van der Waals surface area contributed by atoms with E-state index in [4.69, 9.17) is 14.7 Å². The number of esters is 1.